The van der Waals surface area contributed by atoms with Crippen molar-refractivity contribution in [2.24, 2.45) is 0 Å². The van der Waals surface area contributed by atoms with Crippen molar-refractivity contribution in [1.29, 1.82) is 0 Å². The molecule has 0 bridgehead atoms. The number of Topliss-reactive ketones (excluding diaryl/α,β-unsaturated/α-hetero) is 1. The fourth-order valence-electron chi connectivity index (χ4n) is 4.25. The molecule has 8 nitrogen and oxygen atoms in total. The maximum absolute atomic E-state index is 14.2. The van der Waals surface area contributed by atoms with Crippen molar-refractivity contribution < 1.29 is 28.6 Å². The van der Waals surface area contributed by atoms with Crippen LogP contribution in [0.1, 0.15) is 27.9 Å². The maximum atomic E-state index is 14.2. The summed E-state index contributed by atoms with van der Waals surface area (Å²) in [5.41, 5.74) is 3.04. The van der Waals surface area contributed by atoms with E-state index in [1.54, 1.807) is 23.1 Å². The lowest BCUT2D eigenvalue weighted by Crippen LogP contribution is -2.39. The maximum Gasteiger partial charge on any atom is 0.335 e. The second-order valence-electron chi connectivity index (χ2n) is 9.07. The van der Waals surface area contributed by atoms with Crippen LogP contribution < -0.4 is 15.4 Å². The Morgan fingerprint density at radius 1 is 1.05 bits per heavy atom. The summed E-state index contributed by atoms with van der Waals surface area (Å²) in [7, 11) is 0. The number of ether oxygens (including phenoxy) is 1. The highest BCUT2D eigenvalue weighted by Crippen LogP contribution is 2.27. The molecule has 2 amide bonds. The largest absolute Gasteiger partial charge is 0.478 e. The molecule has 1 heterocycles. The van der Waals surface area contributed by atoms with Crippen LogP contribution in [0.5, 0.6) is 5.75 Å². The first-order valence-electron chi connectivity index (χ1n) is 12.0. The summed E-state index contributed by atoms with van der Waals surface area (Å²) in [5, 5.41) is 14.6. The van der Waals surface area contributed by atoms with Crippen molar-refractivity contribution in [3.05, 3.63) is 87.9 Å². The Bertz CT molecular complexity index is 1330. The number of aryl methyl sites for hydroxylation is 1. The molecule has 1 saturated heterocycles. The minimum absolute atomic E-state index is 0.00575. The molecular formula is C28H27BrFN3O5. The number of carbonyl (C=O) groups excluding carboxylic acids is 2. The highest BCUT2D eigenvalue weighted by atomic mass is 79.9. The second-order valence-corrected chi connectivity index (χ2v) is 9.93. The molecule has 1 aliphatic heterocycles. The first-order valence-corrected chi connectivity index (χ1v) is 12.8. The van der Waals surface area contributed by atoms with Gasteiger partial charge in [0.25, 0.3) is 0 Å². The van der Waals surface area contributed by atoms with Gasteiger partial charge in [0.15, 0.2) is 5.78 Å². The molecule has 38 heavy (non-hydrogen) atoms. The first-order chi connectivity index (χ1) is 18.2. The van der Waals surface area contributed by atoms with Crippen LogP contribution in [0, 0.1) is 6.92 Å². The highest BCUT2D eigenvalue weighted by molar-refractivity contribution is 9.10. The van der Waals surface area contributed by atoms with Gasteiger partial charge in [-0.25, -0.2) is 14.0 Å². The lowest BCUT2D eigenvalue weighted by Gasteiger charge is -2.23. The summed E-state index contributed by atoms with van der Waals surface area (Å²) in [6.07, 6.45) is -0.970. The van der Waals surface area contributed by atoms with Gasteiger partial charge in [0.1, 0.15) is 18.7 Å². The Morgan fingerprint density at radius 3 is 2.45 bits per heavy atom. The lowest BCUT2D eigenvalue weighted by atomic mass is 10.0. The summed E-state index contributed by atoms with van der Waals surface area (Å²) in [5.74, 6) is -0.745. The van der Waals surface area contributed by atoms with E-state index in [-0.39, 0.29) is 37.5 Å². The van der Waals surface area contributed by atoms with Crippen molar-refractivity contribution in [2.75, 3.05) is 23.9 Å². The average Bonchev–Trinajstić information content (AvgIpc) is 3.26. The third-order valence-corrected chi connectivity index (χ3v) is 6.93. The van der Waals surface area contributed by atoms with Crippen molar-refractivity contribution in [3.63, 3.8) is 0 Å². The SMILES string of the molecule is Cc1ccccc1NC(=O)Nc1ccc(CC(=O)[C@@H]2C[C@H](F)CN2COc2ccc(C(=O)O)cc2)cc1Br. The Kier molecular flexibility index (Phi) is 8.75. The number of hydrogen-bond acceptors (Lipinski definition) is 5. The quantitative estimate of drug-likeness (QED) is 0.300. The van der Waals surface area contributed by atoms with E-state index in [9.17, 15) is 18.8 Å². The number of carbonyl (C=O) groups is 3. The van der Waals surface area contributed by atoms with Gasteiger partial charge in [-0.15, -0.1) is 0 Å². The minimum Gasteiger partial charge on any atom is -0.478 e. The van der Waals surface area contributed by atoms with E-state index in [0.717, 1.165) is 11.1 Å². The number of nitrogens with zero attached hydrogens (tertiary/aromatic N) is 1. The number of ketones is 1. The molecule has 3 N–H and O–H groups in total. The van der Waals surface area contributed by atoms with Crippen LogP contribution in [0.2, 0.25) is 0 Å². The molecule has 2 atom stereocenters. The number of anilines is 2. The Labute approximate surface area is 227 Å². The predicted octanol–water partition coefficient (Wildman–Crippen LogP) is 5.66. The van der Waals surface area contributed by atoms with Crippen LogP contribution in [0.15, 0.2) is 71.2 Å². The monoisotopic (exact) mass is 583 g/mol. The number of halogens is 2. The number of amides is 2. The number of alkyl halides is 1. The number of para-hydroxylation sites is 1. The van der Waals surface area contributed by atoms with E-state index >= 15 is 0 Å². The van der Waals surface area contributed by atoms with E-state index in [2.05, 4.69) is 26.6 Å². The number of benzene rings is 3. The van der Waals surface area contributed by atoms with Gasteiger partial charge in [-0.2, -0.15) is 0 Å². The molecule has 0 unspecified atom stereocenters. The molecule has 3 aromatic rings. The minimum atomic E-state index is -1.15. The number of aromatic carboxylic acids is 1. The number of carboxylic acid groups (broad SMARTS) is 1. The van der Waals surface area contributed by atoms with Gasteiger partial charge >= 0.3 is 12.0 Å². The van der Waals surface area contributed by atoms with Crippen LogP contribution in [0.3, 0.4) is 0 Å². The van der Waals surface area contributed by atoms with Crippen LogP contribution in [-0.2, 0) is 11.2 Å². The number of nitrogens with one attached hydrogen (secondary N) is 2. The molecule has 4 rings (SSSR count). The standard InChI is InChI=1S/C28H27BrFN3O5/c1-17-4-2-3-5-23(17)31-28(37)32-24-11-6-18(12-22(24)29)13-26(34)25-14-20(30)15-33(25)16-38-21-9-7-19(8-10-21)27(35)36/h2-12,20,25H,13-16H2,1H3,(H,35,36)(H2,31,32,37)/t20-,25-/m0/s1. The van der Waals surface area contributed by atoms with Gasteiger partial charge < -0.3 is 20.5 Å². The van der Waals surface area contributed by atoms with Gasteiger partial charge in [-0.3, -0.25) is 9.69 Å². The summed E-state index contributed by atoms with van der Waals surface area (Å²) in [4.78, 5) is 38.2. The molecule has 1 aliphatic rings. The van der Waals surface area contributed by atoms with E-state index in [1.807, 2.05) is 31.2 Å². The van der Waals surface area contributed by atoms with E-state index in [4.69, 9.17) is 9.84 Å². The molecule has 198 valence electrons. The van der Waals surface area contributed by atoms with Crippen LogP contribution in [-0.4, -0.2) is 53.3 Å². The number of rotatable bonds is 9. The van der Waals surface area contributed by atoms with Crippen molar-refractivity contribution in [1.82, 2.24) is 4.90 Å². The number of likely N-dealkylation sites (tertiary alicyclic amines) is 1. The number of hydrogen-bond donors (Lipinski definition) is 3. The Morgan fingerprint density at radius 2 is 1.76 bits per heavy atom. The molecule has 10 heteroatoms. The fourth-order valence-corrected chi connectivity index (χ4v) is 4.78. The molecule has 0 saturated carbocycles. The topological polar surface area (TPSA) is 108 Å². The van der Waals surface area contributed by atoms with Gasteiger partial charge in [0.05, 0.1) is 17.3 Å². The molecule has 0 radical (unpaired) electrons. The van der Waals surface area contributed by atoms with Crippen molar-refractivity contribution in [2.45, 2.75) is 32.0 Å². The summed E-state index contributed by atoms with van der Waals surface area (Å²) < 4.78 is 20.5. The summed E-state index contributed by atoms with van der Waals surface area (Å²) in [6, 6.07) is 17.5. The van der Waals surface area contributed by atoms with Gasteiger partial charge in [0.2, 0.25) is 0 Å². The zero-order valence-corrected chi connectivity index (χ0v) is 22.2. The molecule has 0 aromatic heterocycles. The van der Waals surface area contributed by atoms with E-state index in [1.165, 1.54) is 24.3 Å². The second kappa shape index (κ2) is 12.2. The zero-order chi connectivity index (χ0) is 27.2. The van der Waals surface area contributed by atoms with Gasteiger partial charge in [0, 0.05) is 29.5 Å². The fraction of sp³-hybridized carbons (Fsp3) is 0.250. The molecule has 0 spiro atoms. The Balaban J connectivity index is 1.34. The number of urea groups is 1. The molecule has 1 fully saturated rings. The van der Waals surface area contributed by atoms with Crippen LogP contribution in [0.4, 0.5) is 20.6 Å². The predicted molar refractivity (Wildman–Crippen MR) is 146 cm³/mol. The third-order valence-electron chi connectivity index (χ3n) is 6.28. The normalized spacial score (nSPS) is 17.1. The van der Waals surface area contributed by atoms with E-state index in [0.29, 0.717) is 21.6 Å². The number of carboxylic acids is 1. The van der Waals surface area contributed by atoms with Crippen LogP contribution >= 0.6 is 15.9 Å². The summed E-state index contributed by atoms with van der Waals surface area (Å²) >= 11 is 3.45. The summed E-state index contributed by atoms with van der Waals surface area (Å²) in [6.45, 7) is 1.98. The molecule has 3 aromatic carbocycles. The first kappa shape index (κ1) is 27.3. The molecular weight excluding hydrogens is 557 g/mol. The van der Waals surface area contributed by atoms with E-state index < -0.39 is 24.2 Å². The zero-order valence-electron chi connectivity index (χ0n) is 20.6. The average molecular weight is 584 g/mol. The Hall–Kier alpha value is -3.76. The van der Waals surface area contributed by atoms with Crippen molar-refractivity contribution in [3.8, 4) is 5.75 Å². The molecule has 0 aliphatic carbocycles. The highest BCUT2D eigenvalue weighted by Gasteiger charge is 2.37. The van der Waals surface area contributed by atoms with Gasteiger partial charge in [-0.1, -0.05) is 24.3 Å². The van der Waals surface area contributed by atoms with Crippen LogP contribution in [0.25, 0.3) is 0 Å². The smallest absolute Gasteiger partial charge is 0.335 e. The van der Waals surface area contributed by atoms with Crippen molar-refractivity contribution >= 4 is 45.1 Å². The third kappa shape index (κ3) is 6.96. The van der Waals surface area contributed by atoms with Gasteiger partial charge in [-0.05, 0) is 76.4 Å². The lowest BCUT2D eigenvalue weighted by molar-refractivity contribution is -0.123.